The van der Waals surface area contributed by atoms with E-state index in [-0.39, 0.29) is 17.4 Å². The molecule has 1 aliphatic heterocycles. The van der Waals surface area contributed by atoms with E-state index < -0.39 is 5.82 Å². The highest BCUT2D eigenvalue weighted by Crippen LogP contribution is 2.15. The Morgan fingerprint density at radius 2 is 1.60 bits per heavy atom. The third-order valence-corrected chi connectivity index (χ3v) is 4.35. The van der Waals surface area contributed by atoms with Crippen molar-refractivity contribution in [3.63, 3.8) is 0 Å². The van der Waals surface area contributed by atoms with Crippen molar-refractivity contribution in [1.82, 2.24) is 14.8 Å². The third kappa shape index (κ3) is 3.84. The monoisotopic (exact) mass is 341 g/mol. The van der Waals surface area contributed by atoms with Crippen LogP contribution in [0.4, 0.5) is 4.39 Å². The molecule has 0 saturated carbocycles. The van der Waals surface area contributed by atoms with Gasteiger partial charge in [-0.3, -0.25) is 14.6 Å². The van der Waals surface area contributed by atoms with Crippen molar-refractivity contribution in [2.24, 2.45) is 0 Å². The summed E-state index contributed by atoms with van der Waals surface area (Å²) >= 11 is 0. The molecular weight excluding hydrogens is 321 g/mol. The average molecular weight is 341 g/mol. The maximum atomic E-state index is 14.0. The number of rotatable bonds is 2. The van der Waals surface area contributed by atoms with Crippen LogP contribution in [0.5, 0.6) is 0 Å². The van der Waals surface area contributed by atoms with Crippen molar-refractivity contribution < 1.29 is 14.0 Å². The van der Waals surface area contributed by atoms with Gasteiger partial charge in [-0.15, -0.1) is 0 Å². The van der Waals surface area contributed by atoms with Gasteiger partial charge in [-0.05, 0) is 37.6 Å². The predicted molar refractivity (Wildman–Crippen MR) is 91.8 cm³/mol. The molecule has 2 heterocycles. The second kappa shape index (κ2) is 7.42. The Kier molecular flexibility index (Phi) is 5.07. The molecule has 5 nitrogen and oxygen atoms in total. The lowest BCUT2D eigenvalue weighted by molar-refractivity contribution is 0.0716. The van der Waals surface area contributed by atoms with E-state index in [0.29, 0.717) is 38.2 Å². The fourth-order valence-electron chi connectivity index (χ4n) is 2.97. The van der Waals surface area contributed by atoms with Gasteiger partial charge in [0.05, 0.1) is 5.56 Å². The van der Waals surface area contributed by atoms with Gasteiger partial charge in [0.15, 0.2) is 0 Å². The summed E-state index contributed by atoms with van der Waals surface area (Å²) in [5, 5.41) is 0. The lowest BCUT2D eigenvalue weighted by atomic mass is 10.1. The van der Waals surface area contributed by atoms with Gasteiger partial charge in [0.25, 0.3) is 11.8 Å². The van der Waals surface area contributed by atoms with Crippen LogP contribution in [0.25, 0.3) is 0 Å². The number of carbonyl (C=O) groups is 2. The summed E-state index contributed by atoms with van der Waals surface area (Å²) < 4.78 is 14.0. The van der Waals surface area contributed by atoms with Gasteiger partial charge in [-0.1, -0.05) is 11.6 Å². The summed E-state index contributed by atoms with van der Waals surface area (Å²) in [5.41, 5.74) is 1.52. The van der Waals surface area contributed by atoms with Crippen LogP contribution in [0.2, 0.25) is 0 Å². The zero-order chi connectivity index (χ0) is 17.8. The Hall–Kier alpha value is -2.76. The van der Waals surface area contributed by atoms with Crippen molar-refractivity contribution in [3.05, 3.63) is 65.2 Å². The van der Waals surface area contributed by atoms with Crippen LogP contribution in [0, 0.1) is 12.7 Å². The molecular formula is C19H20FN3O2. The number of aryl methyl sites for hydroxylation is 1. The first-order valence-electron chi connectivity index (χ1n) is 8.31. The number of amides is 2. The molecule has 0 atom stereocenters. The molecule has 1 aromatic carbocycles. The first-order chi connectivity index (χ1) is 12.1. The predicted octanol–water partition coefficient (Wildman–Crippen LogP) is 2.52. The Morgan fingerprint density at radius 1 is 0.960 bits per heavy atom. The summed E-state index contributed by atoms with van der Waals surface area (Å²) in [4.78, 5) is 32.4. The van der Waals surface area contributed by atoms with E-state index in [9.17, 15) is 14.0 Å². The molecule has 0 bridgehead atoms. The zero-order valence-corrected chi connectivity index (χ0v) is 14.1. The van der Waals surface area contributed by atoms with Crippen molar-refractivity contribution in [1.29, 1.82) is 0 Å². The molecule has 0 unspecified atom stereocenters. The Morgan fingerprint density at radius 3 is 2.28 bits per heavy atom. The summed E-state index contributed by atoms with van der Waals surface area (Å²) in [5.74, 6) is -0.901. The van der Waals surface area contributed by atoms with E-state index in [4.69, 9.17) is 0 Å². The molecule has 130 valence electrons. The minimum absolute atomic E-state index is 0.0709. The van der Waals surface area contributed by atoms with Crippen LogP contribution in [0.3, 0.4) is 0 Å². The quantitative estimate of drug-likeness (QED) is 0.843. The van der Waals surface area contributed by atoms with Gasteiger partial charge in [0.1, 0.15) is 5.82 Å². The van der Waals surface area contributed by atoms with E-state index in [1.54, 1.807) is 46.5 Å². The number of aromatic nitrogens is 1. The molecule has 6 heteroatoms. The highest BCUT2D eigenvalue weighted by Gasteiger charge is 2.25. The Bertz CT molecular complexity index is 779. The molecule has 2 amide bonds. The number of halogens is 1. The van der Waals surface area contributed by atoms with Crippen molar-refractivity contribution >= 4 is 11.8 Å². The molecule has 0 N–H and O–H groups in total. The largest absolute Gasteiger partial charge is 0.337 e. The number of carbonyl (C=O) groups excluding carboxylic acids is 2. The smallest absolute Gasteiger partial charge is 0.256 e. The third-order valence-electron chi connectivity index (χ3n) is 4.35. The van der Waals surface area contributed by atoms with Gasteiger partial charge >= 0.3 is 0 Å². The first kappa shape index (κ1) is 17.1. The van der Waals surface area contributed by atoms with Crippen LogP contribution >= 0.6 is 0 Å². The molecule has 1 aromatic heterocycles. The first-order valence-corrected chi connectivity index (χ1v) is 8.31. The van der Waals surface area contributed by atoms with Gasteiger partial charge in [-0.25, -0.2) is 4.39 Å². The molecule has 0 aliphatic carbocycles. The highest BCUT2D eigenvalue weighted by atomic mass is 19.1. The highest BCUT2D eigenvalue weighted by molar-refractivity contribution is 5.95. The summed E-state index contributed by atoms with van der Waals surface area (Å²) in [6.45, 7) is 3.73. The molecule has 1 aliphatic rings. The number of hydrogen-bond acceptors (Lipinski definition) is 3. The number of pyridine rings is 1. The molecule has 0 radical (unpaired) electrons. The maximum Gasteiger partial charge on any atom is 0.256 e. The lowest BCUT2D eigenvalue weighted by Crippen LogP contribution is -2.37. The van der Waals surface area contributed by atoms with Gasteiger partial charge < -0.3 is 9.80 Å². The van der Waals surface area contributed by atoms with Crippen LogP contribution < -0.4 is 0 Å². The summed E-state index contributed by atoms with van der Waals surface area (Å²) in [6.07, 6.45) is 3.83. The van der Waals surface area contributed by atoms with Gasteiger partial charge in [-0.2, -0.15) is 0 Å². The molecule has 2 aromatic rings. The molecule has 3 rings (SSSR count). The van der Waals surface area contributed by atoms with Crippen LogP contribution in [-0.4, -0.2) is 52.8 Å². The van der Waals surface area contributed by atoms with Crippen molar-refractivity contribution in [2.75, 3.05) is 26.2 Å². The zero-order valence-electron chi connectivity index (χ0n) is 14.1. The van der Waals surface area contributed by atoms with E-state index in [2.05, 4.69) is 4.98 Å². The summed E-state index contributed by atoms with van der Waals surface area (Å²) in [6, 6.07) is 7.89. The minimum atomic E-state index is -0.510. The average Bonchev–Trinajstić information content (AvgIpc) is 2.89. The van der Waals surface area contributed by atoms with Crippen LogP contribution in [0.15, 0.2) is 42.7 Å². The van der Waals surface area contributed by atoms with Crippen LogP contribution in [0.1, 0.15) is 32.7 Å². The normalized spacial score (nSPS) is 15.0. The molecule has 1 saturated heterocycles. The van der Waals surface area contributed by atoms with E-state index in [1.807, 2.05) is 6.92 Å². The Labute approximate surface area is 146 Å². The van der Waals surface area contributed by atoms with E-state index in [1.165, 1.54) is 6.07 Å². The van der Waals surface area contributed by atoms with Crippen molar-refractivity contribution in [2.45, 2.75) is 13.3 Å². The fourth-order valence-corrected chi connectivity index (χ4v) is 2.97. The topological polar surface area (TPSA) is 53.5 Å². The van der Waals surface area contributed by atoms with Gasteiger partial charge in [0, 0.05) is 44.1 Å². The molecule has 0 spiro atoms. The maximum absolute atomic E-state index is 14.0. The Balaban J connectivity index is 1.70. The molecule has 25 heavy (non-hydrogen) atoms. The van der Waals surface area contributed by atoms with Gasteiger partial charge in [0.2, 0.25) is 0 Å². The SMILES string of the molecule is Cc1ccc(F)c(C(=O)N2CCCN(C(=O)c3ccncc3)CC2)c1. The number of benzene rings is 1. The van der Waals surface area contributed by atoms with Crippen molar-refractivity contribution in [3.8, 4) is 0 Å². The fraction of sp³-hybridized carbons (Fsp3) is 0.316. The van der Waals surface area contributed by atoms with E-state index >= 15 is 0 Å². The van der Waals surface area contributed by atoms with Crippen LogP contribution in [-0.2, 0) is 0 Å². The standard InChI is InChI=1S/C19H20FN3O2/c1-14-3-4-17(20)16(13-14)19(25)23-10-2-9-22(11-12-23)18(24)15-5-7-21-8-6-15/h3-8,13H,2,9-12H2,1H3. The second-order valence-electron chi connectivity index (χ2n) is 6.16. The number of nitrogens with zero attached hydrogens (tertiary/aromatic N) is 3. The molecule has 1 fully saturated rings. The summed E-state index contributed by atoms with van der Waals surface area (Å²) in [7, 11) is 0. The second-order valence-corrected chi connectivity index (χ2v) is 6.16. The lowest BCUT2D eigenvalue weighted by Gasteiger charge is -2.22. The minimum Gasteiger partial charge on any atom is -0.337 e. The van der Waals surface area contributed by atoms with E-state index in [0.717, 1.165) is 5.56 Å². The number of hydrogen-bond donors (Lipinski definition) is 0.